The number of Topliss-reactive ketones (excluding diaryl/α,β-unsaturated/α-hetero) is 1. The van der Waals surface area contributed by atoms with Crippen molar-refractivity contribution in [2.75, 3.05) is 0 Å². The largest absolute Gasteiger partial charge is 0.292 e. The predicted octanol–water partition coefficient (Wildman–Crippen LogP) is 1.20. The third kappa shape index (κ3) is 2.55. The molecule has 0 amide bonds. The second-order valence-electron chi connectivity index (χ2n) is 3.79. The molecule has 0 saturated heterocycles. The number of carbonyl (C=O) groups excluding carboxylic acids is 1. The van der Waals surface area contributed by atoms with Gasteiger partial charge in [-0.2, -0.15) is 5.10 Å². The van der Waals surface area contributed by atoms with Crippen molar-refractivity contribution >= 4 is 5.78 Å². The van der Waals surface area contributed by atoms with Crippen molar-refractivity contribution in [1.82, 2.24) is 19.7 Å². The Morgan fingerprint density at radius 2 is 2.24 bits per heavy atom. The van der Waals surface area contributed by atoms with E-state index in [9.17, 15) is 4.79 Å². The van der Waals surface area contributed by atoms with Gasteiger partial charge in [-0.1, -0.05) is 6.92 Å². The van der Waals surface area contributed by atoms with Crippen molar-refractivity contribution in [3.63, 3.8) is 0 Å². The standard InChI is InChI=1S/C12H14N4O/c1-3-9-6-10(16(2)15-9)7-12(17)11-8-13-4-5-14-11/h4-6,8H,3,7H2,1-2H3. The lowest BCUT2D eigenvalue weighted by atomic mass is 10.1. The third-order valence-corrected chi connectivity index (χ3v) is 2.58. The Hall–Kier alpha value is -2.04. The molecule has 0 aliphatic rings. The van der Waals surface area contributed by atoms with Gasteiger partial charge < -0.3 is 0 Å². The summed E-state index contributed by atoms with van der Waals surface area (Å²) in [5.41, 5.74) is 2.29. The molecule has 0 fully saturated rings. The minimum Gasteiger partial charge on any atom is -0.292 e. The highest BCUT2D eigenvalue weighted by atomic mass is 16.1. The van der Waals surface area contributed by atoms with Gasteiger partial charge in [0.1, 0.15) is 5.69 Å². The lowest BCUT2D eigenvalue weighted by Crippen LogP contribution is -2.09. The third-order valence-electron chi connectivity index (χ3n) is 2.58. The van der Waals surface area contributed by atoms with Crippen LogP contribution in [0, 0.1) is 0 Å². The van der Waals surface area contributed by atoms with Crippen molar-refractivity contribution in [2.24, 2.45) is 7.05 Å². The normalized spacial score (nSPS) is 10.5. The first-order valence-corrected chi connectivity index (χ1v) is 5.51. The zero-order valence-electron chi connectivity index (χ0n) is 9.92. The monoisotopic (exact) mass is 230 g/mol. The molecule has 0 bridgehead atoms. The lowest BCUT2D eigenvalue weighted by molar-refractivity contribution is 0.0985. The smallest absolute Gasteiger partial charge is 0.188 e. The summed E-state index contributed by atoms with van der Waals surface area (Å²) >= 11 is 0. The van der Waals surface area contributed by atoms with Crippen LogP contribution < -0.4 is 0 Å². The molecule has 0 aromatic carbocycles. The van der Waals surface area contributed by atoms with E-state index in [0.717, 1.165) is 17.8 Å². The lowest BCUT2D eigenvalue weighted by Gasteiger charge is -2.00. The molecule has 2 aromatic heterocycles. The molecular formula is C12H14N4O. The molecule has 2 heterocycles. The van der Waals surface area contributed by atoms with Gasteiger partial charge in [-0.05, 0) is 12.5 Å². The van der Waals surface area contributed by atoms with Gasteiger partial charge in [0.05, 0.1) is 18.3 Å². The number of hydrogen-bond acceptors (Lipinski definition) is 4. The van der Waals surface area contributed by atoms with Gasteiger partial charge in [0.15, 0.2) is 5.78 Å². The van der Waals surface area contributed by atoms with Crippen LogP contribution in [0.3, 0.4) is 0 Å². The quantitative estimate of drug-likeness (QED) is 0.740. The fourth-order valence-corrected chi connectivity index (χ4v) is 1.61. The van der Waals surface area contributed by atoms with Gasteiger partial charge in [0.2, 0.25) is 0 Å². The Balaban J connectivity index is 2.16. The zero-order valence-corrected chi connectivity index (χ0v) is 9.92. The summed E-state index contributed by atoms with van der Waals surface area (Å²) in [7, 11) is 1.85. The van der Waals surface area contributed by atoms with E-state index in [0.29, 0.717) is 12.1 Å². The molecule has 0 aliphatic heterocycles. The Labute approximate surface area is 99.5 Å². The molecule has 17 heavy (non-hydrogen) atoms. The Morgan fingerprint density at radius 1 is 1.41 bits per heavy atom. The van der Waals surface area contributed by atoms with E-state index in [1.165, 1.54) is 12.4 Å². The van der Waals surface area contributed by atoms with Crippen LogP contribution in [0.25, 0.3) is 0 Å². The van der Waals surface area contributed by atoms with E-state index in [4.69, 9.17) is 0 Å². The van der Waals surface area contributed by atoms with Gasteiger partial charge in [-0.25, -0.2) is 4.98 Å². The second kappa shape index (κ2) is 4.86. The summed E-state index contributed by atoms with van der Waals surface area (Å²) < 4.78 is 1.74. The van der Waals surface area contributed by atoms with E-state index >= 15 is 0 Å². The fourth-order valence-electron chi connectivity index (χ4n) is 1.61. The number of rotatable bonds is 4. The van der Waals surface area contributed by atoms with E-state index in [-0.39, 0.29) is 5.78 Å². The van der Waals surface area contributed by atoms with E-state index in [2.05, 4.69) is 15.1 Å². The number of ketones is 1. The molecule has 2 aromatic rings. The highest BCUT2D eigenvalue weighted by Crippen LogP contribution is 2.07. The minimum atomic E-state index is -0.0382. The van der Waals surface area contributed by atoms with E-state index in [1.54, 1.807) is 10.9 Å². The first-order chi connectivity index (χ1) is 8.20. The molecule has 5 nitrogen and oxygen atoms in total. The van der Waals surface area contributed by atoms with Crippen LogP contribution in [-0.4, -0.2) is 25.5 Å². The van der Waals surface area contributed by atoms with Crippen molar-refractivity contribution in [2.45, 2.75) is 19.8 Å². The average molecular weight is 230 g/mol. The summed E-state index contributed by atoms with van der Waals surface area (Å²) in [5.74, 6) is -0.0382. The maximum Gasteiger partial charge on any atom is 0.188 e. The Bertz CT molecular complexity index is 519. The summed E-state index contributed by atoms with van der Waals surface area (Å²) in [5, 5.41) is 4.30. The van der Waals surface area contributed by atoms with Gasteiger partial charge in [-0.15, -0.1) is 0 Å². The molecular weight excluding hydrogens is 216 g/mol. The molecule has 2 rings (SSSR count). The van der Waals surface area contributed by atoms with Crippen LogP contribution in [0.1, 0.15) is 28.8 Å². The van der Waals surface area contributed by atoms with Crippen molar-refractivity contribution in [3.8, 4) is 0 Å². The first-order valence-electron chi connectivity index (χ1n) is 5.51. The van der Waals surface area contributed by atoms with Crippen LogP contribution in [0.2, 0.25) is 0 Å². The molecule has 5 heteroatoms. The van der Waals surface area contributed by atoms with Crippen molar-refractivity contribution in [1.29, 1.82) is 0 Å². The summed E-state index contributed by atoms with van der Waals surface area (Å²) in [6, 6.07) is 1.95. The van der Waals surface area contributed by atoms with Crippen molar-refractivity contribution in [3.05, 3.63) is 41.7 Å². The van der Waals surface area contributed by atoms with E-state index < -0.39 is 0 Å². The van der Waals surface area contributed by atoms with Crippen molar-refractivity contribution < 1.29 is 4.79 Å². The number of aryl methyl sites for hydroxylation is 2. The van der Waals surface area contributed by atoms with E-state index in [1.807, 2.05) is 20.0 Å². The van der Waals surface area contributed by atoms with Crippen LogP contribution in [0.15, 0.2) is 24.7 Å². The highest BCUT2D eigenvalue weighted by Gasteiger charge is 2.12. The molecule has 0 N–H and O–H groups in total. The molecule has 0 spiro atoms. The fraction of sp³-hybridized carbons (Fsp3) is 0.333. The topological polar surface area (TPSA) is 60.7 Å². The maximum absolute atomic E-state index is 11.9. The second-order valence-corrected chi connectivity index (χ2v) is 3.79. The Morgan fingerprint density at radius 3 is 2.82 bits per heavy atom. The number of aromatic nitrogens is 4. The zero-order chi connectivity index (χ0) is 12.3. The SMILES string of the molecule is CCc1cc(CC(=O)c2cnccn2)n(C)n1. The highest BCUT2D eigenvalue weighted by molar-refractivity contribution is 5.95. The van der Waals surface area contributed by atoms with Crippen LogP contribution >= 0.6 is 0 Å². The molecule has 0 atom stereocenters. The molecule has 0 aliphatic carbocycles. The van der Waals surface area contributed by atoms with Crippen LogP contribution in [0.4, 0.5) is 0 Å². The van der Waals surface area contributed by atoms with Crippen LogP contribution in [-0.2, 0) is 19.9 Å². The molecule has 88 valence electrons. The summed E-state index contributed by atoms with van der Waals surface area (Å²) in [4.78, 5) is 19.8. The average Bonchev–Trinajstić information content (AvgIpc) is 2.71. The minimum absolute atomic E-state index is 0.0382. The summed E-state index contributed by atoms with van der Waals surface area (Å²) in [6.07, 6.45) is 5.73. The Kier molecular flexibility index (Phi) is 3.27. The number of carbonyl (C=O) groups is 1. The van der Waals surface area contributed by atoms with Crippen LogP contribution in [0.5, 0.6) is 0 Å². The first kappa shape index (κ1) is 11.4. The number of hydrogen-bond donors (Lipinski definition) is 0. The molecule has 0 saturated carbocycles. The molecule has 0 radical (unpaired) electrons. The van der Waals surface area contributed by atoms with Gasteiger partial charge in [-0.3, -0.25) is 14.5 Å². The van der Waals surface area contributed by atoms with Gasteiger partial charge >= 0.3 is 0 Å². The van der Waals surface area contributed by atoms with Gasteiger partial charge in [0.25, 0.3) is 0 Å². The maximum atomic E-state index is 11.9. The predicted molar refractivity (Wildman–Crippen MR) is 62.7 cm³/mol. The van der Waals surface area contributed by atoms with Gasteiger partial charge in [0, 0.05) is 25.1 Å². The number of nitrogens with zero attached hydrogens (tertiary/aromatic N) is 4. The molecule has 0 unspecified atom stereocenters. The summed E-state index contributed by atoms with van der Waals surface area (Å²) in [6.45, 7) is 2.04.